The molecule has 1 heterocycles. The maximum Gasteiger partial charge on any atom is 0.259 e. The van der Waals surface area contributed by atoms with Crippen LogP contribution in [0.2, 0.25) is 10.0 Å². The van der Waals surface area contributed by atoms with Crippen LogP contribution in [0.1, 0.15) is 15.9 Å². The number of anilines is 1. The Hall–Kier alpha value is -2.44. The molecule has 128 valence electrons. The number of amides is 1. The Kier molecular flexibility index (Phi) is 5.01. The summed E-state index contributed by atoms with van der Waals surface area (Å²) >= 11 is 12.2. The fourth-order valence-corrected chi connectivity index (χ4v) is 2.61. The third kappa shape index (κ3) is 3.81. The van der Waals surface area contributed by atoms with E-state index < -0.39 is 23.1 Å². The molecule has 1 aromatic heterocycles. The molecule has 3 rings (SSSR count). The molecule has 0 aliphatic heterocycles. The lowest BCUT2D eigenvalue weighted by molar-refractivity contribution is 0.102. The Labute approximate surface area is 152 Å². The van der Waals surface area contributed by atoms with E-state index in [1.54, 1.807) is 12.1 Å². The first-order valence-electron chi connectivity index (χ1n) is 7.17. The van der Waals surface area contributed by atoms with Crippen LogP contribution in [0.25, 0.3) is 0 Å². The zero-order valence-electron chi connectivity index (χ0n) is 12.6. The number of nitrogens with zero attached hydrogens (tertiary/aromatic N) is 2. The summed E-state index contributed by atoms with van der Waals surface area (Å²) < 4.78 is 28.4. The van der Waals surface area contributed by atoms with Gasteiger partial charge in [0.1, 0.15) is 5.02 Å². The fraction of sp³-hybridized carbons (Fsp3) is 0.0588. The third-order valence-corrected chi connectivity index (χ3v) is 4.08. The summed E-state index contributed by atoms with van der Waals surface area (Å²) in [6, 6.07) is 10.6. The van der Waals surface area contributed by atoms with Gasteiger partial charge in [0.05, 0.1) is 12.1 Å². The Morgan fingerprint density at radius 3 is 2.60 bits per heavy atom. The second-order valence-corrected chi connectivity index (χ2v) is 5.98. The van der Waals surface area contributed by atoms with Gasteiger partial charge in [-0.15, -0.1) is 0 Å². The molecule has 2 aromatic carbocycles. The van der Waals surface area contributed by atoms with Gasteiger partial charge in [-0.1, -0.05) is 47.5 Å². The molecule has 0 spiro atoms. The van der Waals surface area contributed by atoms with Gasteiger partial charge in [0, 0.05) is 11.2 Å². The van der Waals surface area contributed by atoms with E-state index in [1.807, 2.05) is 12.1 Å². The van der Waals surface area contributed by atoms with Crippen LogP contribution < -0.4 is 5.32 Å². The Balaban J connectivity index is 1.80. The minimum Gasteiger partial charge on any atom is -0.304 e. The van der Waals surface area contributed by atoms with Crippen molar-refractivity contribution >= 4 is 34.9 Å². The predicted octanol–water partition coefficient (Wildman–Crippen LogP) is 4.77. The maximum atomic E-state index is 13.7. The van der Waals surface area contributed by atoms with Gasteiger partial charge in [0.2, 0.25) is 0 Å². The fourth-order valence-electron chi connectivity index (χ4n) is 2.22. The molecular weight excluding hydrogens is 371 g/mol. The van der Waals surface area contributed by atoms with Crippen molar-refractivity contribution in [1.29, 1.82) is 0 Å². The zero-order chi connectivity index (χ0) is 18.0. The van der Waals surface area contributed by atoms with Crippen LogP contribution in [0.3, 0.4) is 0 Å². The number of benzene rings is 2. The number of aromatic nitrogens is 2. The van der Waals surface area contributed by atoms with Crippen LogP contribution in [-0.2, 0) is 6.54 Å². The number of rotatable bonds is 4. The third-order valence-electron chi connectivity index (χ3n) is 3.44. The summed E-state index contributed by atoms with van der Waals surface area (Å²) in [5.74, 6) is -3.14. The second-order valence-electron chi connectivity index (χ2n) is 5.17. The molecule has 0 radical (unpaired) electrons. The maximum absolute atomic E-state index is 13.7. The molecule has 0 unspecified atom stereocenters. The number of carbonyl (C=O) groups is 1. The lowest BCUT2D eigenvalue weighted by Crippen LogP contribution is -2.15. The lowest BCUT2D eigenvalue weighted by atomic mass is 10.2. The SMILES string of the molecule is O=C(Nc1nn(Cc2ccccc2Cl)cc1Cl)c1cccc(F)c1F. The number of hydrogen-bond acceptors (Lipinski definition) is 2. The van der Waals surface area contributed by atoms with Gasteiger partial charge >= 0.3 is 0 Å². The number of hydrogen-bond donors (Lipinski definition) is 1. The monoisotopic (exact) mass is 381 g/mol. The van der Waals surface area contributed by atoms with E-state index in [0.717, 1.165) is 11.6 Å². The molecule has 4 nitrogen and oxygen atoms in total. The molecular formula is C17H11Cl2F2N3O. The van der Waals surface area contributed by atoms with E-state index >= 15 is 0 Å². The van der Waals surface area contributed by atoms with Crippen molar-refractivity contribution in [2.24, 2.45) is 0 Å². The number of carbonyl (C=O) groups excluding carboxylic acids is 1. The molecule has 0 bridgehead atoms. The van der Waals surface area contributed by atoms with Crippen molar-refractivity contribution in [2.45, 2.75) is 6.54 Å². The van der Waals surface area contributed by atoms with Crippen molar-refractivity contribution in [3.63, 3.8) is 0 Å². The highest BCUT2D eigenvalue weighted by Gasteiger charge is 2.18. The smallest absolute Gasteiger partial charge is 0.259 e. The van der Waals surface area contributed by atoms with Crippen molar-refractivity contribution < 1.29 is 13.6 Å². The molecule has 1 N–H and O–H groups in total. The molecule has 0 saturated heterocycles. The molecule has 8 heteroatoms. The molecule has 0 saturated carbocycles. The summed E-state index contributed by atoms with van der Waals surface area (Å²) in [5, 5.41) is 7.25. The molecule has 0 fully saturated rings. The Morgan fingerprint density at radius 2 is 1.84 bits per heavy atom. The molecule has 3 aromatic rings. The van der Waals surface area contributed by atoms with Gasteiger partial charge in [-0.3, -0.25) is 9.48 Å². The average Bonchev–Trinajstić information content (AvgIpc) is 2.91. The molecule has 0 aliphatic carbocycles. The van der Waals surface area contributed by atoms with Gasteiger partial charge in [0.15, 0.2) is 17.5 Å². The topological polar surface area (TPSA) is 46.9 Å². The lowest BCUT2D eigenvalue weighted by Gasteiger charge is -2.05. The van der Waals surface area contributed by atoms with Gasteiger partial charge in [0.25, 0.3) is 5.91 Å². The molecule has 0 aliphatic rings. The molecule has 25 heavy (non-hydrogen) atoms. The highest BCUT2D eigenvalue weighted by molar-refractivity contribution is 6.33. The quantitative estimate of drug-likeness (QED) is 0.707. The van der Waals surface area contributed by atoms with Crippen LogP contribution in [0.5, 0.6) is 0 Å². The Bertz CT molecular complexity index is 943. The van der Waals surface area contributed by atoms with Gasteiger partial charge in [-0.25, -0.2) is 8.78 Å². The largest absolute Gasteiger partial charge is 0.304 e. The standard InChI is InChI=1S/C17H11Cl2F2N3O/c18-12-6-2-1-4-10(12)8-24-9-13(19)16(23-24)22-17(25)11-5-3-7-14(20)15(11)21/h1-7,9H,8H2,(H,22,23,25). The highest BCUT2D eigenvalue weighted by Crippen LogP contribution is 2.23. The van der Waals surface area contributed by atoms with E-state index in [9.17, 15) is 13.6 Å². The first kappa shape index (κ1) is 17.4. The summed E-state index contributed by atoms with van der Waals surface area (Å²) in [6.07, 6.45) is 1.50. The molecule has 0 atom stereocenters. The van der Waals surface area contributed by atoms with E-state index in [-0.39, 0.29) is 10.8 Å². The van der Waals surface area contributed by atoms with Crippen molar-refractivity contribution in [2.75, 3.05) is 5.32 Å². The number of nitrogens with one attached hydrogen (secondary N) is 1. The summed E-state index contributed by atoms with van der Waals surface area (Å²) in [5.41, 5.74) is 0.383. The van der Waals surface area contributed by atoms with Crippen LogP contribution in [0, 0.1) is 11.6 Å². The van der Waals surface area contributed by atoms with Gasteiger partial charge in [-0.2, -0.15) is 5.10 Å². The first-order chi connectivity index (χ1) is 12.0. The van der Waals surface area contributed by atoms with Gasteiger partial charge in [-0.05, 0) is 23.8 Å². The first-order valence-corrected chi connectivity index (χ1v) is 7.93. The summed E-state index contributed by atoms with van der Waals surface area (Å²) in [6.45, 7) is 0.337. The van der Waals surface area contributed by atoms with Crippen LogP contribution in [0.15, 0.2) is 48.7 Å². The summed E-state index contributed by atoms with van der Waals surface area (Å²) in [4.78, 5) is 12.1. The highest BCUT2D eigenvalue weighted by atomic mass is 35.5. The van der Waals surface area contributed by atoms with E-state index in [0.29, 0.717) is 11.6 Å². The van der Waals surface area contributed by atoms with E-state index in [4.69, 9.17) is 23.2 Å². The van der Waals surface area contributed by atoms with Crippen LogP contribution in [-0.4, -0.2) is 15.7 Å². The Morgan fingerprint density at radius 1 is 1.08 bits per heavy atom. The second kappa shape index (κ2) is 7.21. The van der Waals surface area contributed by atoms with E-state index in [1.165, 1.54) is 23.0 Å². The van der Waals surface area contributed by atoms with E-state index in [2.05, 4.69) is 10.4 Å². The van der Waals surface area contributed by atoms with Crippen LogP contribution in [0.4, 0.5) is 14.6 Å². The minimum atomic E-state index is -1.23. The van der Waals surface area contributed by atoms with Crippen molar-refractivity contribution in [3.05, 3.63) is 81.5 Å². The van der Waals surface area contributed by atoms with Crippen LogP contribution >= 0.6 is 23.2 Å². The number of halogens is 4. The van der Waals surface area contributed by atoms with Crippen molar-refractivity contribution in [3.8, 4) is 0 Å². The normalized spacial score (nSPS) is 10.7. The minimum absolute atomic E-state index is 0.0439. The zero-order valence-corrected chi connectivity index (χ0v) is 14.2. The summed E-state index contributed by atoms with van der Waals surface area (Å²) in [7, 11) is 0. The van der Waals surface area contributed by atoms with Crippen molar-refractivity contribution in [1.82, 2.24) is 9.78 Å². The predicted molar refractivity (Wildman–Crippen MR) is 92.1 cm³/mol. The average molecular weight is 382 g/mol. The molecule has 1 amide bonds. The van der Waals surface area contributed by atoms with Gasteiger partial charge < -0.3 is 5.32 Å².